The highest BCUT2D eigenvalue weighted by Crippen LogP contribution is 2.24. The molecule has 0 unspecified atom stereocenters. The fourth-order valence-electron chi connectivity index (χ4n) is 2.78. The van der Waals surface area contributed by atoms with Crippen LogP contribution in [0.1, 0.15) is 40.2 Å². The maximum Gasteiger partial charge on any atom is 0.344 e. The van der Waals surface area contributed by atoms with Gasteiger partial charge < -0.3 is 24.8 Å². The monoisotopic (exact) mass is 404 g/mol. The summed E-state index contributed by atoms with van der Waals surface area (Å²) in [6, 6.07) is 6.45. The molecule has 0 bridgehead atoms. The van der Waals surface area contributed by atoms with Gasteiger partial charge in [-0.05, 0) is 37.0 Å². The Bertz CT molecular complexity index is 792. The number of hydrogen-bond donors (Lipinski definition) is 2. The summed E-state index contributed by atoms with van der Waals surface area (Å²) >= 11 is 0. The standard InChI is InChI=1S/C21H28N2O6/c1-6-27-19(25)18-13(2)22-20(26)23-16(18)11-29-17(24)12-28-15-9-7-14(8-10-15)21(3,4)5/h7-10,13H,6,11-12H2,1-5H3,(H2,22,23,26)/t13-/m0/s1. The Morgan fingerprint density at radius 1 is 1.10 bits per heavy atom. The molecule has 158 valence electrons. The van der Waals surface area contributed by atoms with Gasteiger partial charge in [-0.25, -0.2) is 14.4 Å². The maximum absolute atomic E-state index is 12.1. The Kier molecular flexibility index (Phi) is 7.25. The van der Waals surface area contributed by atoms with Gasteiger partial charge in [-0.2, -0.15) is 0 Å². The van der Waals surface area contributed by atoms with Gasteiger partial charge in [0.15, 0.2) is 6.61 Å². The van der Waals surface area contributed by atoms with Crippen LogP contribution in [0.25, 0.3) is 0 Å². The summed E-state index contributed by atoms with van der Waals surface area (Å²) in [5, 5.41) is 5.07. The summed E-state index contributed by atoms with van der Waals surface area (Å²) in [7, 11) is 0. The van der Waals surface area contributed by atoms with Crippen LogP contribution in [-0.2, 0) is 24.5 Å². The van der Waals surface area contributed by atoms with Crippen molar-refractivity contribution >= 4 is 18.0 Å². The molecular weight excluding hydrogens is 376 g/mol. The van der Waals surface area contributed by atoms with E-state index in [4.69, 9.17) is 14.2 Å². The van der Waals surface area contributed by atoms with Crippen LogP contribution in [0, 0.1) is 0 Å². The zero-order chi connectivity index (χ0) is 21.6. The molecule has 1 aromatic carbocycles. The third-order valence-corrected chi connectivity index (χ3v) is 4.32. The van der Waals surface area contributed by atoms with Crippen molar-refractivity contribution in [2.24, 2.45) is 0 Å². The van der Waals surface area contributed by atoms with Crippen molar-refractivity contribution in [2.45, 2.75) is 46.1 Å². The van der Waals surface area contributed by atoms with Crippen molar-refractivity contribution < 1.29 is 28.6 Å². The zero-order valence-electron chi connectivity index (χ0n) is 17.5. The summed E-state index contributed by atoms with van der Waals surface area (Å²) in [6.45, 7) is 9.30. The number of urea groups is 1. The van der Waals surface area contributed by atoms with Gasteiger partial charge in [-0.15, -0.1) is 0 Å². The summed E-state index contributed by atoms with van der Waals surface area (Å²) in [4.78, 5) is 35.9. The minimum Gasteiger partial charge on any atom is -0.482 e. The SMILES string of the molecule is CCOC(=O)C1=C(COC(=O)COc2ccc(C(C)(C)C)cc2)NC(=O)N[C@H]1C. The Hall–Kier alpha value is -3.03. The van der Waals surface area contributed by atoms with E-state index in [9.17, 15) is 14.4 Å². The van der Waals surface area contributed by atoms with Gasteiger partial charge in [0.05, 0.1) is 23.9 Å². The molecule has 1 heterocycles. The molecule has 1 aliphatic heterocycles. The number of carbonyl (C=O) groups is 3. The molecule has 0 fully saturated rings. The molecule has 2 amide bonds. The number of carbonyl (C=O) groups excluding carboxylic acids is 3. The Labute approximate surface area is 170 Å². The molecule has 8 heteroatoms. The fraction of sp³-hybridized carbons (Fsp3) is 0.476. The Morgan fingerprint density at radius 3 is 2.34 bits per heavy atom. The van der Waals surface area contributed by atoms with Crippen molar-refractivity contribution in [3.63, 3.8) is 0 Å². The van der Waals surface area contributed by atoms with E-state index in [2.05, 4.69) is 31.4 Å². The molecule has 0 aliphatic carbocycles. The van der Waals surface area contributed by atoms with Crippen molar-refractivity contribution in [3.05, 3.63) is 41.1 Å². The van der Waals surface area contributed by atoms with Gasteiger partial charge in [0.1, 0.15) is 12.4 Å². The van der Waals surface area contributed by atoms with E-state index < -0.39 is 24.0 Å². The largest absolute Gasteiger partial charge is 0.482 e. The second-order valence-corrected chi connectivity index (χ2v) is 7.66. The summed E-state index contributed by atoms with van der Waals surface area (Å²) in [6.07, 6.45) is 0. The van der Waals surface area contributed by atoms with Gasteiger partial charge in [0.25, 0.3) is 0 Å². The van der Waals surface area contributed by atoms with E-state index in [1.54, 1.807) is 26.0 Å². The average Bonchev–Trinajstić information content (AvgIpc) is 2.64. The fourth-order valence-corrected chi connectivity index (χ4v) is 2.78. The van der Waals surface area contributed by atoms with Crippen molar-refractivity contribution in [3.8, 4) is 5.75 Å². The highest BCUT2D eigenvalue weighted by Gasteiger charge is 2.30. The molecule has 1 aliphatic rings. The lowest BCUT2D eigenvalue weighted by atomic mass is 9.87. The third kappa shape index (κ3) is 6.23. The summed E-state index contributed by atoms with van der Waals surface area (Å²) < 4.78 is 15.6. The number of nitrogens with one attached hydrogen (secondary N) is 2. The molecule has 1 atom stereocenters. The third-order valence-electron chi connectivity index (χ3n) is 4.32. The molecule has 0 radical (unpaired) electrons. The van der Waals surface area contributed by atoms with Crippen molar-refractivity contribution in [2.75, 3.05) is 19.8 Å². The summed E-state index contributed by atoms with van der Waals surface area (Å²) in [5.41, 5.74) is 1.60. The van der Waals surface area contributed by atoms with E-state index in [-0.39, 0.29) is 36.5 Å². The van der Waals surface area contributed by atoms with Crippen LogP contribution in [-0.4, -0.2) is 43.8 Å². The molecule has 29 heavy (non-hydrogen) atoms. The Morgan fingerprint density at radius 2 is 1.76 bits per heavy atom. The molecule has 1 aromatic rings. The molecule has 2 N–H and O–H groups in total. The quantitative estimate of drug-likeness (QED) is 0.677. The van der Waals surface area contributed by atoms with E-state index in [1.165, 1.54) is 0 Å². The molecule has 0 saturated heterocycles. The molecule has 0 aromatic heterocycles. The zero-order valence-corrected chi connectivity index (χ0v) is 17.5. The second kappa shape index (κ2) is 9.45. The van der Waals surface area contributed by atoms with E-state index in [0.29, 0.717) is 5.75 Å². The molecule has 8 nitrogen and oxygen atoms in total. The first-order valence-electron chi connectivity index (χ1n) is 9.48. The minimum atomic E-state index is -0.624. The lowest BCUT2D eigenvalue weighted by Gasteiger charge is -2.26. The predicted octanol–water partition coefficient (Wildman–Crippen LogP) is 2.42. The second-order valence-electron chi connectivity index (χ2n) is 7.66. The topological polar surface area (TPSA) is 103 Å². The van der Waals surface area contributed by atoms with Gasteiger partial charge in [-0.3, -0.25) is 0 Å². The molecule has 2 rings (SSSR count). The first-order chi connectivity index (χ1) is 13.6. The predicted molar refractivity (Wildman–Crippen MR) is 106 cm³/mol. The van der Waals surface area contributed by atoms with E-state index >= 15 is 0 Å². The van der Waals surface area contributed by atoms with Gasteiger partial charge in [0, 0.05) is 0 Å². The van der Waals surface area contributed by atoms with E-state index in [1.807, 2.05) is 12.1 Å². The molecular formula is C21H28N2O6. The number of hydrogen-bond acceptors (Lipinski definition) is 6. The van der Waals surface area contributed by atoms with Crippen LogP contribution in [0.4, 0.5) is 4.79 Å². The lowest BCUT2D eigenvalue weighted by Crippen LogP contribution is -2.50. The van der Waals surface area contributed by atoms with Gasteiger partial charge in [0.2, 0.25) is 0 Å². The van der Waals surface area contributed by atoms with Crippen LogP contribution in [0.15, 0.2) is 35.5 Å². The number of esters is 2. The number of rotatable bonds is 7. The average molecular weight is 404 g/mol. The van der Waals surface area contributed by atoms with Crippen LogP contribution in [0.3, 0.4) is 0 Å². The normalized spacial score (nSPS) is 16.6. The van der Waals surface area contributed by atoms with Crippen molar-refractivity contribution in [1.29, 1.82) is 0 Å². The molecule has 0 spiro atoms. The smallest absolute Gasteiger partial charge is 0.344 e. The van der Waals surface area contributed by atoms with Gasteiger partial charge in [-0.1, -0.05) is 32.9 Å². The van der Waals surface area contributed by atoms with Crippen LogP contribution >= 0.6 is 0 Å². The van der Waals surface area contributed by atoms with Crippen molar-refractivity contribution in [1.82, 2.24) is 10.6 Å². The van der Waals surface area contributed by atoms with Crippen LogP contribution in [0.2, 0.25) is 0 Å². The number of ether oxygens (including phenoxy) is 3. The summed E-state index contributed by atoms with van der Waals surface area (Å²) in [5.74, 6) is -0.653. The molecule has 0 saturated carbocycles. The van der Waals surface area contributed by atoms with Gasteiger partial charge >= 0.3 is 18.0 Å². The van der Waals surface area contributed by atoms with Crippen LogP contribution in [0.5, 0.6) is 5.75 Å². The number of amides is 2. The first-order valence-corrected chi connectivity index (χ1v) is 9.48. The van der Waals surface area contributed by atoms with E-state index in [0.717, 1.165) is 5.56 Å². The number of benzene rings is 1. The lowest BCUT2D eigenvalue weighted by molar-refractivity contribution is -0.145. The highest BCUT2D eigenvalue weighted by atomic mass is 16.6. The highest BCUT2D eigenvalue weighted by molar-refractivity contribution is 5.94. The Balaban J connectivity index is 1.95. The minimum absolute atomic E-state index is 0.0260. The first kappa shape index (κ1) is 22.3. The maximum atomic E-state index is 12.1. The van der Waals surface area contributed by atoms with Crippen LogP contribution < -0.4 is 15.4 Å².